The van der Waals surface area contributed by atoms with Crippen LogP contribution in [0, 0.1) is 5.82 Å². The van der Waals surface area contributed by atoms with Crippen molar-refractivity contribution in [3.8, 4) is 5.69 Å². The number of aromatic nitrogens is 2. The fourth-order valence-electron chi connectivity index (χ4n) is 3.35. The Labute approximate surface area is 180 Å². The van der Waals surface area contributed by atoms with E-state index in [2.05, 4.69) is 15.6 Å². The minimum Gasteiger partial charge on any atom is -0.355 e. The van der Waals surface area contributed by atoms with E-state index in [0.717, 1.165) is 45.4 Å². The summed E-state index contributed by atoms with van der Waals surface area (Å²) in [6.45, 7) is 0. The number of nitrogens with zero attached hydrogens (tertiary/aromatic N) is 2. The third kappa shape index (κ3) is 3.80. The van der Waals surface area contributed by atoms with Gasteiger partial charge in [0.25, 0.3) is 11.1 Å². The van der Waals surface area contributed by atoms with E-state index in [0.29, 0.717) is 4.91 Å². The normalized spacial score (nSPS) is 14.9. The quantitative estimate of drug-likeness (QED) is 0.434. The van der Waals surface area contributed by atoms with Gasteiger partial charge in [-0.3, -0.25) is 14.9 Å². The Morgan fingerprint density at radius 1 is 1.00 bits per heavy atom. The maximum absolute atomic E-state index is 13.2. The number of anilines is 2. The summed E-state index contributed by atoms with van der Waals surface area (Å²) in [5.74, 6) is -0.657. The number of imide groups is 1. The second-order valence-corrected chi connectivity index (χ2v) is 7.87. The van der Waals surface area contributed by atoms with E-state index in [1.54, 1.807) is 24.4 Å². The average molecular weight is 430 g/mol. The summed E-state index contributed by atoms with van der Waals surface area (Å²) in [5.41, 5.74) is 4.15. The molecule has 0 saturated carbocycles. The van der Waals surface area contributed by atoms with Gasteiger partial charge in [-0.15, -0.1) is 0 Å². The molecule has 1 saturated heterocycles. The summed E-state index contributed by atoms with van der Waals surface area (Å²) in [4.78, 5) is 27.9. The van der Waals surface area contributed by atoms with Gasteiger partial charge in [-0.05, 0) is 71.9 Å². The Kier molecular flexibility index (Phi) is 4.76. The van der Waals surface area contributed by atoms with Crippen molar-refractivity contribution in [1.29, 1.82) is 0 Å². The van der Waals surface area contributed by atoms with Crippen LogP contribution in [0.15, 0.2) is 78.0 Å². The summed E-state index contributed by atoms with van der Waals surface area (Å²) < 4.78 is 15.1. The van der Waals surface area contributed by atoms with Crippen LogP contribution in [0.5, 0.6) is 0 Å². The van der Waals surface area contributed by atoms with Gasteiger partial charge in [0.1, 0.15) is 11.5 Å². The van der Waals surface area contributed by atoms with Gasteiger partial charge in [0, 0.05) is 29.2 Å². The lowest BCUT2D eigenvalue weighted by Gasteiger charge is -2.09. The van der Waals surface area contributed by atoms with Crippen molar-refractivity contribution in [1.82, 2.24) is 14.9 Å². The molecule has 3 heterocycles. The molecule has 0 spiro atoms. The van der Waals surface area contributed by atoms with Crippen LogP contribution in [0.2, 0.25) is 0 Å². The highest BCUT2D eigenvalue weighted by Crippen LogP contribution is 2.29. The number of benzene rings is 2. The largest absolute Gasteiger partial charge is 0.355 e. The van der Waals surface area contributed by atoms with Crippen molar-refractivity contribution in [2.24, 2.45) is 0 Å². The van der Waals surface area contributed by atoms with Crippen molar-refractivity contribution in [3.05, 3.63) is 89.3 Å². The molecule has 0 aliphatic carbocycles. The van der Waals surface area contributed by atoms with E-state index >= 15 is 0 Å². The van der Waals surface area contributed by atoms with E-state index in [4.69, 9.17) is 0 Å². The maximum atomic E-state index is 13.2. The molecule has 2 amide bonds. The van der Waals surface area contributed by atoms with Crippen LogP contribution >= 0.6 is 11.8 Å². The van der Waals surface area contributed by atoms with Gasteiger partial charge in [-0.2, -0.15) is 0 Å². The summed E-state index contributed by atoms with van der Waals surface area (Å²) in [6.07, 6.45) is 5.34. The van der Waals surface area contributed by atoms with Crippen LogP contribution in [0.4, 0.5) is 20.6 Å². The first kappa shape index (κ1) is 19.1. The molecule has 1 fully saturated rings. The Morgan fingerprint density at radius 2 is 1.77 bits per heavy atom. The number of amides is 2. The Balaban J connectivity index is 1.44. The second kappa shape index (κ2) is 7.73. The molecule has 6 nitrogen and oxygen atoms in total. The number of hydrogen-bond donors (Lipinski definition) is 2. The first-order valence-electron chi connectivity index (χ1n) is 9.41. The van der Waals surface area contributed by atoms with Gasteiger partial charge < -0.3 is 9.88 Å². The number of pyridine rings is 1. The number of fused-ring (bicyclic) bond motifs is 1. The second-order valence-electron chi connectivity index (χ2n) is 6.86. The van der Waals surface area contributed by atoms with Crippen molar-refractivity contribution >= 4 is 51.4 Å². The zero-order valence-corrected chi connectivity index (χ0v) is 16.8. The maximum Gasteiger partial charge on any atom is 0.290 e. The van der Waals surface area contributed by atoms with Crippen molar-refractivity contribution in [2.45, 2.75) is 0 Å². The third-order valence-electron chi connectivity index (χ3n) is 4.82. The molecule has 0 bridgehead atoms. The van der Waals surface area contributed by atoms with Gasteiger partial charge in [-0.25, -0.2) is 9.37 Å². The predicted molar refractivity (Wildman–Crippen MR) is 120 cm³/mol. The summed E-state index contributed by atoms with van der Waals surface area (Å²) in [6, 6.07) is 17.6. The van der Waals surface area contributed by atoms with Crippen LogP contribution in [0.1, 0.15) is 5.56 Å². The molecular formula is C23H15FN4O2S. The van der Waals surface area contributed by atoms with Gasteiger partial charge in [0.2, 0.25) is 0 Å². The molecule has 4 aromatic rings. The highest BCUT2D eigenvalue weighted by Gasteiger charge is 2.24. The van der Waals surface area contributed by atoms with Crippen molar-refractivity contribution in [2.75, 3.05) is 5.32 Å². The average Bonchev–Trinajstić information content (AvgIpc) is 3.34. The van der Waals surface area contributed by atoms with Crippen LogP contribution in [-0.2, 0) is 4.79 Å². The van der Waals surface area contributed by atoms with Crippen LogP contribution in [0.25, 0.3) is 22.8 Å². The van der Waals surface area contributed by atoms with E-state index in [1.807, 2.05) is 47.2 Å². The fourth-order valence-corrected chi connectivity index (χ4v) is 4.03. The highest BCUT2D eigenvalue weighted by molar-refractivity contribution is 8.18. The van der Waals surface area contributed by atoms with Crippen molar-refractivity contribution in [3.63, 3.8) is 0 Å². The minimum absolute atomic E-state index is 0.283. The number of carbonyl (C=O) groups excluding carboxylic acids is 2. The molecule has 2 aromatic heterocycles. The smallest absolute Gasteiger partial charge is 0.290 e. The van der Waals surface area contributed by atoms with Crippen LogP contribution in [0.3, 0.4) is 0 Å². The summed E-state index contributed by atoms with van der Waals surface area (Å²) >= 11 is 0.894. The molecule has 0 radical (unpaired) electrons. The topological polar surface area (TPSA) is 76.0 Å². The number of nitrogens with one attached hydrogen (secondary N) is 2. The minimum atomic E-state index is -0.374. The van der Waals surface area contributed by atoms with E-state index in [-0.39, 0.29) is 17.0 Å². The Morgan fingerprint density at radius 3 is 2.48 bits per heavy atom. The van der Waals surface area contributed by atoms with Crippen molar-refractivity contribution < 1.29 is 14.0 Å². The molecule has 2 N–H and O–H groups in total. The first-order chi connectivity index (χ1) is 15.1. The number of hydrogen-bond acceptors (Lipinski definition) is 5. The highest BCUT2D eigenvalue weighted by atomic mass is 32.2. The van der Waals surface area contributed by atoms with E-state index < -0.39 is 0 Å². The number of rotatable bonds is 4. The molecule has 5 rings (SSSR count). The zero-order valence-electron chi connectivity index (χ0n) is 16.0. The van der Waals surface area contributed by atoms with Gasteiger partial charge >= 0.3 is 0 Å². The fraction of sp³-hybridized carbons (Fsp3) is 0. The van der Waals surface area contributed by atoms with E-state index in [1.165, 1.54) is 12.1 Å². The zero-order chi connectivity index (χ0) is 21.4. The van der Waals surface area contributed by atoms with Gasteiger partial charge in [-0.1, -0.05) is 12.1 Å². The molecule has 152 valence electrons. The lowest BCUT2D eigenvalue weighted by atomic mass is 10.2. The third-order valence-corrected chi connectivity index (χ3v) is 5.63. The van der Waals surface area contributed by atoms with E-state index in [9.17, 15) is 14.0 Å². The molecule has 1 aliphatic rings. The molecular weight excluding hydrogens is 415 g/mol. The first-order valence-corrected chi connectivity index (χ1v) is 10.2. The Bertz CT molecular complexity index is 1340. The molecule has 0 atom stereocenters. The lowest BCUT2D eigenvalue weighted by Crippen LogP contribution is -2.17. The summed E-state index contributed by atoms with van der Waals surface area (Å²) in [7, 11) is 0. The molecule has 2 aromatic carbocycles. The number of halogens is 1. The molecule has 8 heteroatoms. The molecule has 0 unspecified atom stereocenters. The SMILES string of the molecule is O=C1NC(=O)/C(=C\c2ccc(-n3ccc4c(Nc5ccc(F)cc5)ccnc43)cc2)S1. The van der Waals surface area contributed by atoms with Crippen LogP contribution < -0.4 is 10.6 Å². The Hall–Kier alpha value is -3.91. The number of carbonyl (C=O) groups is 2. The lowest BCUT2D eigenvalue weighted by molar-refractivity contribution is -0.115. The monoisotopic (exact) mass is 430 g/mol. The van der Waals surface area contributed by atoms with Gasteiger partial charge in [0.05, 0.1) is 10.6 Å². The van der Waals surface area contributed by atoms with Gasteiger partial charge in [0.15, 0.2) is 0 Å². The molecule has 31 heavy (non-hydrogen) atoms. The van der Waals surface area contributed by atoms with Crippen LogP contribution in [-0.4, -0.2) is 20.7 Å². The standard InChI is InChI=1S/C23H15FN4O2S/c24-15-3-5-16(6-4-15)26-19-9-11-25-21-18(19)10-12-28(21)17-7-1-14(2-8-17)13-20-22(29)27-23(30)31-20/h1-13H,(H,25,26)(H,27,29,30)/b20-13+. The molecule has 1 aliphatic heterocycles. The number of thioether (sulfide) groups is 1. The summed E-state index contributed by atoms with van der Waals surface area (Å²) in [5, 5.41) is 6.11. The predicted octanol–water partition coefficient (Wildman–Crippen LogP) is 5.23.